The molecule has 126 valence electrons. The SMILES string of the molecule is CCn1cnc2c(c1=O)CCN(C(=O)COc1ccccc1Cl)C2. The molecule has 1 amide bonds. The van der Waals surface area contributed by atoms with Gasteiger partial charge in [-0.25, -0.2) is 4.98 Å². The number of ether oxygens (including phenoxy) is 1. The predicted octanol–water partition coefficient (Wildman–Crippen LogP) is 1.88. The Morgan fingerprint density at radius 2 is 2.17 bits per heavy atom. The first-order valence-corrected chi connectivity index (χ1v) is 8.20. The molecular formula is C17H18ClN3O3. The molecule has 0 bridgehead atoms. The summed E-state index contributed by atoms with van der Waals surface area (Å²) in [5, 5.41) is 0.469. The lowest BCUT2D eigenvalue weighted by Gasteiger charge is -2.28. The van der Waals surface area contributed by atoms with Crippen LogP contribution in [0.1, 0.15) is 18.2 Å². The molecule has 0 aliphatic carbocycles. The zero-order valence-corrected chi connectivity index (χ0v) is 14.1. The van der Waals surface area contributed by atoms with Gasteiger partial charge in [-0.05, 0) is 25.5 Å². The minimum absolute atomic E-state index is 0.0121. The van der Waals surface area contributed by atoms with Gasteiger partial charge in [-0.3, -0.25) is 14.2 Å². The number of fused-ring (bicyclic) bond motifs is 1. The lowest BCUT2D eigenvalue weighted by molar-refractivity contribution is -0.134. The number of carbonyl (C=O) groups is 1. The molecule has 1 aliphatic rings. The van der Waals surface area contributed by atoms with Crippen LogP contribution in [0.4, 0.5) is 0 Å². The number of halogens is 1. The highest BCUT2D eigenvalue weighted by Crippen LogP contribution is 2.23. The lowest BCUT2D eigenvalue weighted by atomic mass is 10.1. The van der Waals surface area contributed by atoms with E-state index in [0.29, 0.717) is 48.1 Å². The standard InChI is InChI=1S/C17H18ClN3O3/c1-2-20-11-19-14-9-21(8-7-12(14)17(20)23)16(22)10-24-15-6-4-3-5-13(15)18/h3-6,11H,2,7-10H2,1H3. The Morgan fingerprint density at radius 3 is 2.92 bits per heavy atom. The van der Waals surface area contributed by atoms with E-state index in [1.807, 2.05) is 6.92 Å². The van der Waals surface area contributed by atoms with Crippen LogP contribution < -0.4 is 10.3 Å². The fourth-order valence-electron chi connectivity index (χ4n) is 2.69. The smallest absolute Gasteiger partial charge is 0.260 e. The second-order valence-corrected chi connectivity index (χ2v) is 5.95. The summed E-state index contributed by atoms with van der Waals surface area (Å²) < 4.78 is 7.07. The quantitative estimate of drug-likeness (QED) is 0.847. The van der Waals surface area contributed by atoms with Crippen LogP contribution in [-0.4, -0.2) is 33.5 Å². The van der Waals surface area contributed by atoms with E-state index in [4.69, 9.17) is 16.3 Å². The maximum atomic E-state index is 12.3. The van der Waals surface area contributed by atoms with Crippen molar-refractivity contribution in [2.24, 2.45) is 0 Å². The molecule has 2 heterocycles. The van der Waals surface area contributed by atoms with E-state index in [-0.39, 0.29) is 18.1 Å². The van der Waals surface area contributed by atoms with Gasteiger partial charge >= 0.3 is 0 Å². The number of carbonyl (C=O) groups excluding carboxylic acids is 1. The monoisotopic (exact) mass is 347 g/mol. The Hall–Kier alpha value is -2.34. The van der Waals surface area contributed by atoms with Crippen molar-refractivity contribution < 1.29 is 9.53 Å². The van der Waals surface area contributed by atoms with Gasteiger partial charge in [-0.2, -0.15) is 0 Å². The third-order valence-electron chi connectivity index (χ3n) is 4.07. The first-order valence-electron chi connectivity index (χ1n) is 7.82. The Balaban J connectivity index is 1.67. The third-order valence-corrected chi connectivity index (χ3v) is 4.39. The van der Waals surface area contributed by atoms with E-state index in [0.717, 1.165) is 0 Å². The van der Waals surface area contributed by atoms with Gasteiger partial charge in [0, 0.05) is 18.7 Å². The van der Waals surface area contributed by atoms with E-state index in [9.17, 15) is 9.59 Å². The molecule has 7 heteroatoms. The van der Waals surface area contributed by atoms with Crippen LogP contribution in [-0.2, 0) is 24.3 Å². The molecule has 24 heavy (non-hydrogen) atoms. The summed E-state index contributed by atoms with van der Waals surface area (Å²) >= 11 is 6.01. The molecule has 0 saturated carbocycles. The Morgan fingerprint density at radius 1 is 1.38 bits per heavy atom. The number of benzene rings is 1. The van der Waals surface area contributed by atoms with Gasteiger partial charge in [0.25, 0.3) is 11.5 Å². The first-order chi connectivity index (χ1) is 11.6. The van der Waals surface area contributed by atoms with Gasteiger partial charge in [0.1, 0.15) is 5.75 Å². The van der Waals surface area contributed by atoms with Crippen molar-refractivity contribution in [2.75, 3.05) is 13.2 Å². The molecule has 0 atom stereocenters. The van der Waals surface area contributed by atoms with E-state index in [1.165, 1.54) is 6.33 Å². The van der Waals surface area contributed by atoms with Gasteiger partial charge < -0.3 is 9.64 Å². The number of aromatic nitrogens is 2. The van der Waals surface area contributed by atoms with Crippen molar-refractivity contribution in [3.63, 3.8) is 0 Å². The van der Waals surface area contributed by atoms with Crippen molar-refractivity contribution in [1.29, 1.82) is 0 Å². The van der Waals surface area contributed by atoms with Gasteiger partial charge in [0.15, 0.2) is 6.61 Å². The number of hydrogen-bond donors (Lipinski definition) is 0. The number of amides is 1. The highest BCUT2D eigenvalue weighted by Gasteiger charge is 2.24. The zero-order valence-electron chi connectivity index (χ0n) is 13.4. The summed E-state index contributed by atoms with van der Waals surface area (Å²) in [5.74, 6) is 0.330. The summed E-state index contributed by atoms with van der Waals surface area (Å²) in [6.45, 7) is 3.22. The number of aryl methyl sites for hydroxylation is 1. The minimum atomic E-state index is -0.151. The van der Waals surface area contributed by atoms with E-state index in [2.05, 4.69) is 4.98 Å². The summed E-state index contributed by atoms with van der Waals surface area (Å²) in [6, 6.07) is 7.02. The van der Waals surface area contributed by atoms with Crippen LogP contribution >= 0.6 is 11.6 Å². The summed E-state index contributed by atoms with van der Waals surface area (Å²) in [7, 11) is 0. The molecule has 6 nitrogen and oxygen atoms in total. The molecule has 1 aromatic heterocycles. The summed E-state index contributed by atoms with van der Waals surface area (Å²) in [5.41, 5.74) is 1.36. The molecule has 0 fully saturated rings. The molecule has 1 aliphatic heterocycles. The summed E-state index contributed by atoms with van der Waals surface area (Å²) in [6.07, 6.45) is 2.05. The van der Waals surface area contributed by atoms with Gasteiger partial charge in [-0.15, -0.1) is 0 Å². The van der Waals surface area contributed by atoms with Crippen molar-refractivity contribution >= 4 is 17.5 Å². The lowest BCUT2D eigenvalue weighted by Crippen LogP contribution is -2.42. The Labute approximate surface area is 144 Å². The molecule has 3 rings (SSSR count). The van der Waals surface area contributed by atoms with E-state index in [1.54, 1.807) is 33.7 Å². The second-order valence-electron chi connectivity index (χ2n) is 5.55. The largest absolute Gasteiger partial charge is 0.482 e. The van der Waals surface area contributed by atoms with Gasteiger partial charge in [0.05, 0.1) is 23.6 Å². The molecule has 0 unspecified atom stereocenters. The summed E-state index contributed by atoms with van der Waals surface area (Å²) in [4.78, 5) is 30.6. The average molecular weight is 348 g/mol. The number of rotatable bonds is 4. The van der Waals surface area contributed by atoms with Crippen LogP contribution in [0.15, 0.2) is 35.4 Å². The second kappa shape index (κ2) is 7.05. The fraction of sp³-hybridized carbons (Fsp3) is 0.353. The van der Waals surface area contributed by atoms with Crippen molar-refractivity contribution in [3.8, 4) is 5.75 Å². The van der Waals surface area contributed by atoms with Gasteiger partial charge in [0.2, 0.25) is 0 Å². The maximum Gasteiger partial charge on any atom is 0.260 e. The molecule has 0 spiro atoms. The Kier molecular flexibility index (Phi) is 4.85. The van der Waals surface area contributed by atoms with Crippen molar-refractivity contribution in [1.82, 2.24) is 14.5 Å². The molecule has 2 aromatic rings. The van der Waals surface area contributed by atoms with Gasteiger partial charge in [-0.1, -0.05) is 23.7 Å². The number of hydrogen-bond acceptors (Lipinski definition) is 4. The molecular weight excluding hydrogens is 330 g/mol. The topological polar surface area (TPSA) is 64.4 Å². The molecule has 0 N–H and O–H groups in total. The Bertz CT molecular complexity index is 819. The molecule has 0 saturated heterocycles. The van der Waals surface area contributed by atoms with E-state index >= 15 is 0 Å². The average Bonchev–Trinajstić information content (AvgIpc) is 2.61. The van der Waals surface area contributed by atoms with Crippen LogP contribution in [0.2, 0.25) is 5.02 Å². The normalized spacial score (nSPS) is 13.5. The van der Waals surface area contributed by atoms with E-state index < -0.39 is 0 Å². The maximum absolute atomic E-state index is 12.3. The first kappa shape index (κ1) is 16.5. The van der Waals surface area contributed by atoms with Crippen LogP contribution in [0.25, 0.3) is 0 Å². The highest BCUT2D eigenvalue weighted by molar-refractivity contribution is 6.32. The minimum Gasteiger partial charge on any atom is -0.482 e. The number of para-hydroxylation sites is 1. The van der Waals surface area contributed by atoms with Crippen LogP contribution in [0, 0.1) is 0 Å². The molecule has 1 aromatic carbocycles. The number of nitrogens with zero attached hydrogens (tertiary/aromatic N) is 3. The van der Waals surface area contributed by atoms with Crippen LogP contribution in [0.5, 0.6) is 5.75 Å². The third kappa shape index (κ3) is 3.28. The zero-order chi connectivity index (χ0) is 17.1. The predicted molar refractivity (Wildman–Crippen MR) is 90.2 cm³/mol. The molecule has 0 radical (unpaired) electrons. The highest BCUT2D eigenvalue weighted by atomic mass is 35.5. The van der Waals surface area contributed by atoms with Crippen LogP contribution in [0.3, 0.4) is 0 Å². The van der Waals surface area contributed by atoms with Crippen molar-refractivity contribution in [3.05, 3.63) is 57.2 Å². The van der Waals surface area contributed by atoms with Crippen molar-refractivity contribution in [2.45, 2.75) is 26.4 Å². The fourth-order valence-corrected chi connectivity index (χ4v) is 2.88.